The Morgan fingerprint density at radius 3 is 2.65 bits per heavy atom. The summed E-state index contributed by atoms with van der Waals surface area (Å²) in [5.41, 5.74) is 0.723. The molecule has 0 aliphatic heterocycles. The first-order valence-corrected chi connectivity index (χ1v) is 8.45. The second-order valence-electron chi connectivity index (χ2n) is 3.85. The van der Waals surface area contributed by atoms with E-state index in [2.05, 4.69) is 13.5 Å². The second-order valence-corrected chi connectivity index (χ2v) is 7.06. The molecule has 0 fully saturated rings. The summed E-state index contributed by atoms with van der Waals surface area (Å²) in [6.45, 7) is 1.61. The highest BCUT2D eigenvalue weighted by molar-refractivity contribution is 7.93. The fraction of sp³-hybridized carbons (Fsp3) is 0.300. The summed E-state index contributed by atoms with van der Waals surface area (Å²) < 4.78 is 34.5. The van der Waals surface area contributed by atoms with E-state index in [1.165, 1.54) is 6.07 Å². The van der Waals surface area contributed by atoms with Gasteiger partial charge in [-0.1, -0.05) is 30.1 Å². The summed E-state index contributed by atoms with van der Waals surface area (Å²) in [5.74, 6) is 0. The molecule has 106 valence electrons. The van der Waals surface area contributed by atoms with Crippen LogP contribution >= 0.6 is 34.9 Å². The fourth-order valence-electron chi connectivity index (χ4n) is 1.56. The summed E-state index contributed by atoms with van der Waals surface area (Å²) in [5, 5.41) is 8.10. The molecule has 0 radical (unpaired) electrons. The van der Waals surface area contributed by atoms with Crippen LogP contribution in [0.3, 0.4) is 0 Å². The van der Waals surface area contributed by atoms with Crippen LogP contribution in [0.1, 0.15) is 13.3 Å². The van der Waals surface area contributed by atoms with Crippen LogP contribution in [-0.2, 0) is 10.0 Å². The maximum absolute atomic E-state index is 12.1. The molecule has 0 saturated heterocycles. The smallest absolute Gasteiger partial charge is 0.249 e. The molecule has 1 N–H and O–H groups in total. The van der Waals surface area contributed by atoms with Crippen LogP contribution in [0.5, 0.6) is 0 Å². The minimum atomic E-state index is -3.88. The fourth-order valence-corrected chi connectivity index (χ4v) is 3.99. The van der Waals surface area contributed by atoms with Gasteiger partial charge in [0.2, 0.25) is 10.0 Å². The molecule has 0 amide bonds. The van der Waals surface area contributed by atoms with Gasteiger partial charge < -0.3 is 0 Å². The van der Waals surface area contributed by atoms with Gasteiger partial charge in [0.1, 0.15) is 11.0 Å². The normalized spacial score (nSPS) is 13.1. The van der Waals surface area contributed by atoms with Gasteiger partial charge in [0, 0.05) is 0 Å². The lowest BCUT2D eigenvalue weighted by Crippen LogP contribution is -2.26. The van der Waals surface area contributed by atoms with Gasteiger partial charge in [-0.3, -0.25) is 4.72 Å². The Balaban J connectivity index is 2.55. The van der Waals surface area contributed by atoms with Crippen LogP contribution in [-0.4, -0.2) is 22.4 Å². The van der Waals surface area contributed by atoms with Gasteiger partial charge in [-0.15, -0.1) is 0 Å². The lowest BCUT2D eigenvalue weighted by Gasteiger charge is -2.13. The molecule has 0 bridgehead atoms. The quantitative estimate of drug-likeness (QED) is 0.913. The predicted molar refractivity (Wildman–Crippen MR) is 79.7 cm³/mol. The maximum Gasteiger partial charge on any atom is 0.249 e. The molecule has 1 unspecified atom stereocenters. The Labute approximate surface area is 129 Å². The number of nitrogens with one attached hydrogen (secondary N) is 1. The number of anilines is 1. The Kier molecular flexibility index (Phi) is 4.34. The van der Waals surface area contributed by atoms with Crippen LogP contribution in [0, 0.1) is 11.3 Å². The average molecular weight is 351 g/mol. The van der Waals surface area contributed by atoms with E-state index in [9.17, 15) is 8.42 Å². The first-order valence-electron chi connectivity index (χ1n) is 5.42. The van der Waals surface area contributed by atoms with Crippen LogP contribution in [0.4, 0.5) is 5.69 Å². The van der Waals surface area contributed by atoms with E-state index in [1.54, 1.807) is 13.0 Å². The van der Waals surface area contributed by atoms with E-state index in [-0.39, 0.29) is 27.7 Å². The molecule has 0 spiro atoms. The Hall–Kier alpha value is -1.14. The third-order valence-corrected chi connectivity index (χ3v) is 5.37. The van der Waals surface area contributed by atoms with Crippen molar-refractivity contribution in [3.63, 3.8) is 0 Å². The minimum absolute atomic E-state index is 0.0912. The van der Waals surface area contributed by atoms with Crippen molar-refractivity contribution in [2.75, 3.05) is 4.72 Å². The first kappa shape index (κ1) is 15.3. The summed E-state index contributed by atoms with van der Waals surface area (Å²) >= 11 is 12.9. The van der Waals surface area contributed by atoms with Crippen molar-refractivity contribution in [1.29, 1.82) is 5.26 Å². The van der Waals surface area contributed by atoms with Gasteiger partial charge >= 0.3 is 0 Å². The van der Waals surface area contributed by atoms with Crippen molar-refractivity contribution < 1.29 is 8.42 Å². The second kappa shape index (κ2) is 5.69. The van der Waals surface area contributed by atoms with Crippen LogP contribution in [0.25, 0.3) is 11.0 Å². The van der Waals surface area contributed by atoms with Crippen LogP contribution in [0.15, 0.2) is 6.07 Å². The molecule has 1 atom stereocenters. The molecule has 0 aliphatic rings. The molecule has 0 saturated carbocycles. The van der Waals surface area contributed by atoms with E-state index in [1.807, 2.05) is 0 Å². The largest absolute Gasteiger partial charge is 0.279 e. The van der Waals surface area contributed by atoms with E-state index in [4.69, 9.17) is 28.5 Å². The van der Waals surface area contributed by atoms with Gasteiger partial charge in [0.15, 0.2) is 5.25 Å². The minimum Gasteiger partial charge on any atom is -0.279 e. The number of aromatic nitrogens is 2. The van der Waals surface area contributed by atoms with Gasteiger partial charge in [0.25, 0.3) is 0 Å². The lowest BCUT2D eigenvalue weighted by molar-refractivity contribution is 0.593. The van der Waals surface area contributed by atoms with Crippen molar-refractivity contribution in [2.24, 2.45) is 0 Å². The number of sulfonamides is 1. The average Bonchev–Trinajstić information content (AvgIpc) is 2.85. The van der Waals surface area contributed by atoms with Crippen molar-refractivity contribution in [2.45, 2.75) is 18.6 Å². The number of nitrogens with zero attached hydrogens (tertiary/aromatic N) is 3. The Morgan fingerprint density at radius 2 is 2.05 bits per heavy atom. The Bertz CT molecular complexity index is 797. The first-order chi connectivity index (χ1) is 9.40. The highest BCUT2D eigenvalue weighted by Gasteiger charge is 2.26. The SMILES string of the molecule is CCC(C#N)S(=O)(=O)Nc1c(Cl)cc(Cl)c2nsnc12. The molecule has 20 heavy (non-hydrogen) atoms. The third kappa shape index (κ3) is 2.67. The van der Waals surface area contributed by atoms with Crippen molar-refractivity contribution >= 4 is 61.7 Å². The topological polar surface area (TPSA) is 95.7 Å². The molecule has 2 aromatic rings. The monoisotopic (exact) mass is 350 g/mol. The molecule has 1 heterocycles. The molecule has 6 nitrogen and oxygen atoms in total. The van der Waals surface area contributed by atoms with Gasteiger partial charge in [-0.05, 0) is 12.5 Å². The van der Waals surface area contributed by atoms with E-state index >= 15 is 0 Å². The zero-order valence-electron chi connectivity index (χ0n) is 10.1. The van der Waals surface area contributed by atoms with Gasteiger partial charge in [0.05, 0.1) is 33.5 Å². The van der Waals surface area contributed by atoms with Crippen molar-refractivity contribution in [3.05, 3.63) is 16.1 Å². The number of rotatable bonds is 4. The van der Waals surface area contributed by atoms with Crippen LogP contribution in [0.2, 0.25) is 10.0 Å². The number of fused-ring (bicyclic) bond motifs is 1. The van der Waals surface area contributed by atoms with E-state index in [0.717, 1.165) is 11.7 Å². The highest BCUT2D eigenvalue weighted by Crippen LogP contribution is 2.36. The molecule has 0 aliphatic carbocycles. The maximum atomic E-state index is 12.1. The molecule has 1 aromatic heterocycles. The number of hydrogen-bond acceptors (Lipinski definition) is 6. The summed E-state index contributed by atoms with van der Waals surface area (Å²) in [7, 11) is -3.88. The third-order valence-electron chi connectivity index (χ3n) is 2.58. The Morgan fingerprint density at radius 1 is 1.40 bits per heavy atom. The summed E-state index contributed by atoms with van der Waals surface area (Å²) in [6.07, 6.45) is 0.162. The van der Waals surface area contributed by atoms with Gasteiger partial charge in [-0.2, -0.15) is 14.0 Å². The van der Waals surface area contributed by atoms with Crippen LogP contribution < -0.4 is 4.72 Å². The molecule has 2 rings (SSSR count). The predicted octanol–water partition coefficient (Wildman–Crippen LogP) is 3.04. The number of nitriles is 1. The highest BCUT2D eigenvalue weighted by atomic mass is 35.5. The zero-order chi connectivity index (χ0) is 14.9. The molecular formula is C10H8Cl2N4O2S2. The molecular weight excluding hydrogens is 343 g/mol. The number of benzene rings is 1. The summed E-state index contributed by atoms with van der Waals surface area (Å²) in [4.78, 5) is 0. The summed E-state index contributed by atoms with van der Waals surface area (Å²) in [6, 6.07) is 3.12. The molecule has 10 heteroatoms. The number of hydrogen-bond donors (Lipinski definition) is 1. The van der Waals surface area contributed by atoms with E-state index in [0.29, 0.717) is 5.52 Å². The van der Waals surface area contributed by atoms with E-state index < -0.39 is 15.3 Å². The van der Waals surface area contributed by atoms with Crippen molar-refractivity contribution in [3.8, 4) is 6.07 Å². The van der Waals surface area contributed by atoms with Gasteiger partial charge in [-0.25, -0.2) is 8.42 Å². The molecule has 1 aromatic carbocycles. The van der Waals surface area contributed by atoms with Crippen molar-refractivity contribution in [1.82, 2.24) is 8.75 Å². The standard InChI is InChI=1S/C10H8Cl2N4O2S2/c1-2-5(4-13)20(17,18)16-9-7(12)3-6(11)8-10(9)15-19-14-8/h3,5,16H,2H2,1H3. The lowest BCUT2D eigenvalue weighted by atomic mass is 10.3. The number of halogens is 2. The zero-order valence-corrected chi connectivity index (χ0v) is 13.2.